The monoisotopic (exact) mass is 782 g/mol. The molecule has 1 heterocycles. The Kier molecular flexibility index (Phi) is 8.65. The number of hydrogen-bond donors (Lipinski definition) is 0. The minimum atomic E-state index is -0.102. The molecule has 292 valence electrons. The van der Waals surface area contributed by atoms with Crippen molar-refractivity contribution >= 4 is 38.9 Å². The molecule has 0 atom stereocenters. The minimum Gasteiger partial charge on any atom is -0.310 e. The molecule has 61 heavy (non-hydrogen) atoms. The Labute approximate surface area is 358 Å². The van der Waals surface area contributed by atoms with Gasteiger partial charge >= 0.3 is 0 Å². The van der Waals surface area contributed by atoms with Gasteiger partial charge in [0.15, 0.2) is 0 Å². The van der Waals surface area contributed by atoms with Gasteiger partial charge in [-0.1, -0.05) is 165 Å². The standard InChI is InChI=1S/C59H46N2/c1-39-18-34-57-52(36-39)53-37-40(2)19-35-58(53)61(57)47-30-26-44(27-31-47)42-22-20-41(21-23-42)43-24-28-46(29-25-43)60(56-17-11-9-14-49(56)45-12-6-5-7-13-45)48-32-33-51-50-15-8-10-16-54(50)59(3,4)55(51)38-48/h5-38H,1-4H3. The lowest BCUT2D eigenvalue weighted by molar-refractivity contribution is 0.660. The lowest BCUT2D eigenvalue weighted by atomic mass is 9.82. The normalized spacial score (nSPS) is 12.7. The van der Waals surface area contributed by atoms with Gasteiger partial charge < -0.3 is 9.47 Å². The number of benzene rings is 9. The van der Waals surface area contributed by atoms with E-state index >= 15 is 0 Å². The van der Waals surface area contributed by atoms with E-state index < -0.39 is 0 Å². The van der Waals surface area contributed by atoms with Gasteiger partial charge in [0, 0.05) is 38.8 Å². The molecule has 0 spiro atoms. The first kappa shape index (κ1) is 36.6. The molecule has 10 aromatic rings. The summed E-state index contributed by atoms with van der Waals surface area (Å²) in [6.45, 7) is 9.05. The number of para-hydroxylation sites is 1. The number of aryl methyl sites for hydroxylation is 2. The largest absolute Gasteiger partial charge is 0.310 e. The first-order valence-electron chi connectivity index (χ1n) is 21.3. The second-order valence-electron chi connectivity index (χ2n) is 17.2. The molecule has 1 aliphatic rings. The van der Waals surface area contributed by atoms with E-state index in [0.29, 0.717) is 0 Å². The fourth-order valence-corrected chi connectivity index (χ4v) is 9.78. The zero-order chi connectivity index (χ0) is 41.2. The molecular formula is C59H46N2. The lowest BCUT2D eigenvalue weighted by Gasteiger charge is -2.30. The second-order valence-corrected chi connectivity index (χ2v) is 17.2. The highest BCUT2D eigenvalue weighted by atomic mass is 15.1. The van der Waals surface area contributed by atoms with Crippen LogP contribution in [0.5, 0.6) is 0 Å². The van der Waals surface area contributed by atoms with E-state index in [1.807, 2.05) is 0 Å². The maximum absolute atomic E-state index is 2.43. The van der Waals surface area contributed by atoms with Gasteiger partial charge in [-0.05, 0) is 131 Å². The molecule has 0 saturated heterocycles. The predicted molar refractivity (Wildman–Crippen MR) is 259 cm³/mol. The Morgan fingerprint density at radius 2 is 0.869 bits per heavy atom. The van der Waals surface area contributed by atoms with Crippen LogP contribution in [0.25, 0.3) is 72.0 Å². The lowest BCUT2D eigenvalue weighted by Crippen LogP contribution is -2.16. The van der Waals surface area contributed by atoms with Gasteiger partial charge in [-0.3, -0.25) is 0 Å². The molecule has 0 amide bonds. The smallest absolute Gasteiger partial charge is 0.0541 e. The molecule has 0 aliphatic heterocycles. The molecule has 2 nitrogen and oxygen atoms in total. The van der Waals surface area contributed by atoms with E-state index in [2.05, 4.69) is 243 Å². The number of rotatable bonds is 7. The summed E-state index contributed by atoms with van der Waals surface area (Å²) >= 11 is 0. The molecule has 0 saturated carbocycles. The van der Waals surface area contributed by atoms with Crippen molar-refractivity contribution in [1.82, 2.24) is 4.57 Å². The Balaban J connectivity index is 0.923. The zero-order valence-corrected chi connectivity index (χ0v) is 35.0. The number of aromatic nitrogens is 1. The van der Waals surface area contributed by atoms with Crippen molar-refractivity contribution in [1.29, 1.82) is 0 Å². The van der Waals surface area contributed by atoms with Crippen LogP contribution in [-0.2, 0) is 5.41 Å². The quantitative estimate of drug-likeness (QED) is 0.156. The molecule has 0 bridgehead atoms. The molecule has 0 fully saturated rings. The third-order valence-electron chi connectivity index (χ3n) is 12.9. The third kappa shape index (κ3) is 6.18. The van der Waals surface area contributed by atoms with Crippen LogP contribution in [0.3, 0.4) is 0 Å². The number of fused-ring (bicyclic) bond motifs is 6. The SMILES string of the molecule is Cc1ccc2c(c1)c1cc(C)ccc1n2-c1ccc(-c2ccc(-c3ccc(N(c4ccc5c(c4)C(C)(C)c4ccccc4-5)c4ccccc4-c4ccccc4)cc3)cc2)cc1. The van der Waals surface area contributed by atoms with E-state index in [1.54, 1.807) is 0 Å². The van der Waals surface area contributed by atoms with Crippen molar-refractivity contribution < 1.29 is 0 Å². The topological polar surface area (TPSA) is 8.17 Å². The van der Waals surface area contributed by atoms with Gasteiger partial charge in [-0.25, -0.2) is 0 Å². The van der Waals surface area contributed by atoms with Crippen LogP contribution in [0.4, 0.5) is 17.1 Å². The van der Waals surface area contributed by atoms with Gasteiger partial charge in [0.05, 0.1) is 16.7 Å². The molecule has 2 heteroatoms. The molecule has 1 aromatic heterocycles. The van der Waals surface area contributed by atoms with E-state index in [9.17, 15) is 0 Å². The van der Waals surface area contributed by atoms with E-state index in [1.165, 1.54) is 94.3 Å². The van der Waals surface area contributed by atoms with E-state index in [0.717, 1.165) is 17.1 Å². The van der Waals surface area contributed by atoms with Crippen LogP contribution in [0.15, 0.2) is 206 Å². The number of nitrogens with zero attached hydrogens (tertiary/aromatic N) is 2. The highest BCUT2D eigenvalue weighted by Gasteiger charge is 2.36. The molecule has 11 rings (SSSR count). The van der Waals surface area contributed by atoms with Gasteiger partial charge in [0.1, 0.15) is 0 Å². The average Bonchev–Trinajstić information content (AvgIpc) is 3.74. The van der Waals surface area contributed by atoms with Crippen LogP contribution in [0.1, 0.15) is 36.1 Å². The van der Waals surface area contributed by atoms with Crippen LogP contribution in [-0.4, -0.2) is 4.57 Å². The summed E-state index contributed by atoms with van der Waals surface area (Å²) in [5.74, 6) is 0. The molecule has 9 aromatic carbocycles. The fourth-order valence-electron chi connectivity index (χ4n) is 9.78. The highest BCUT2D eigenvalue weighted by molar-refractivity contribution is 6.09. The van der Waals surface area contributed by atoms with Gasteiger partial charge in [0.25, 0.3) is 0 Å². The van der Waals surface area contributed by atoms with Crippen molar-refractivity contribution in [2.24, 2.45) is 0 Å². The molecule has 0 unspecified atom stereocenters. The zero-order valence-electron chi connectivity index (χ0n) is 35.0. The summed E-state index contributed by atoms with van der Waals surface area (Å²) in [6, 6.07) is 76.0. The van der Waals surface area contributed by atoms with Crippen LogP contribution in [0, 0.1) is 13.8 Å². The van der Waals surface area contributed by atoms with E-state index in [4.69, 9.17) is 0 Å². The summed E-state index contributed by atoms with van der Waals surface area (Å²) in [5, 5.41) is 2.60. The summed E-state index contributed by atoms with van der Waals surface area (Å²) in [6.07, 6.45) is 0. The maximum Gasteiger partial charge on any atom is 0.0541 e. The summed E-state index contributed by atoms with van der Waals surface area (Å²) in [7, 11) is 0. The summed E-state index contributed by atoms with van der Waals surface area (Å²) < 4.78 is 2.39. The van der Waals surface area contributed by atoms with Gasteiger partial charge in [-0.2, -0.15) is 0 Å². The van der Waals surface area contributed by atoms with E-state index in [-0.39, 0.29) is 5.41 Å². The van der Waals surface area contributed by atoms with Crippen molar-refractivity contribution in [3.63, 3.8) is 0 Å². The van der Waals surface area contributed by atoms with Gasteiger partial charge in [0.2, 0.25) is 0 Å². The third-order valence-corrected chi connectivity index (χ3v) is 12.9. The highest BCUT2D eigenvalue weighted by Crippen LogP contribution is 2.51. The maximum atomic E-state index is 2.43. The first-order valence-corrected chi connectivity index (χ1v) is 21.3. The Morgan fingerprint density at radius 3 is 1.49 bits per heavy atom. The Morgan fingerprint density at radius 1 is 0.377 bits per heavy atom. The van der Waals surface area contributed by atoms with Crippen molar-refractivity contribution in [2.75, 3.05) is 4.90 Å². The minimum absolute atomic E-state index is 0.102. The molecule has 0 radical (unpaired) electrons. The van der Waals surface area contributed by atoms with Crippen LogP contribution < -0.4 is 4.90 Å². The fraction of sp³-hybridized carbons (Fsp3) is 0.0847. The Hall–Kier alpha value is -7.42. The van der Waals surface area contributed by atoms with Crippen molar-refractivity contribution in [3.05, 3.63) is 229 Å². The second kappa shape index (κ2) is 14.4. The molecule has 0 N–H and O–H groups in total. The van der Waals surface area contributed by atoms with Crippen LogP contribution in [0.2, 0.25) is 0 Å². The average molecular weight is 783 g/mol. The first-order chi connectivity index (χ1) is 29.8. The Bertz CT molecular complexity index is 3200. The summed E-state index contributed by atoms with van der Waals surface area (Å²) in [4.78, 5) is 2.43. The number of anilines is 3. The van der Waals surface area contributed by atoms with Crippen LogP contribution >= 0.6 is 0 Å². The molecular weight excluding hydrogens is 737 g/mol. The summed E-state index contributed by atoms with van der Waals surface area (Å²) in [5.41, 5.74) is 22.1. The number of hydrogen-bond acceptors (Lipinski definition) is 1. The van der Waals surface area contributed by atoms with Crippen molar-refractivity contribution in [2.45, 2.75) is 33.1 Å². The van der Waals surface area contributed by atoms with Gasteiger partial charge in [-0.15, -0.1) is 0 Å². The molecule has 1 aliphatic carbocycles. The van der Waals surface area contributed by atoms with Crippen molar-refractivity contribution in [3.8, 4) is 50.2 Å². The predicted octanol–water partition coefficient (Wildman–Crippen LogP) is 16.2.